The molecule has 0 amide bonds. The van der Waals surface area contributed by atoms with Crippen LogP contribution in [0.15, 0.2) is 59.3 Å². The van der Waals surface area contributed by atoms with Crippen LogP contribution in [0.3, 0.4) is 0 Å². The Bertz CT molecular complexity index is 1250. The van der Waals surface area contributed by atoms with Crippen molar-refractivity contribution in [3.05, 3.63) is 59.3 Å². The number of aromatic nitrogens is 2. The molecule has 0 atom stereocenters. The first kappa shape index (κ1) is 23.1. The molecule has 0 saturated carbocycles. The second-order valence-electron chi connectivity index (χ2n) is 7.57. The third-order valence-electron chi connectivity index (χ3n) is 5.53. The van der Waals surface area contributed by atoms with Gasteiger partial charge in [-0.3, -0.25) is 0 Å². The number of rotatable bonds is 9. The van der Waals surface area contributed by atoms with E-state index in [4.69, 9.17) is 9.47 Å². The smallest absolute Gasteiger partial charge is 0.169 e. The number of pyridine rings is 1. The van der Waals surface area contributed by atoms with Crippen molar-refractivity contribution >= 4 is 32.7 Å². The third kappa shape index (κ3) is 4.43. The molecule has 0 bridgehead atoms. The maximum atomic E-state index is 9.50. The number of H-pyrrole nitrogens is 1. The van der Waals surface area contributed by atoms with Gasteiger partial charge in [0.2, 0.25) is 0 Å². The Labute approximate surface area is 202 Å². The highest BCUT2D eigenvalue weighted by Crippen LogP contribution is 2.46. The average molecular weight is 510 g/mol. The summed E-state index contributed by atoms with van der Waals surface area (Å²) in [5, 5.41) is 10.5. The summed E-state index contributed by atoms with van der Waals surface area (Å²) in [5.41, 5.74) is 5.82. The van der Waals surface area contributed by atoms with E-state index in [-0.39, 0.29) is 6.61 Å². The highest BCUT2D eigenvalue weighted by Gasteiger charge is 2.22. The lowest BCUT2D eigenvalue weighted by Crippen LogP contribution is -2.21. The van der Waals surface area contributed by atoms with Gasteiger partial charge in [0, 0.05) is 63.8 Å². The molecule has 0 spiro atoms. The number of ether oxygens (including phenoxy) is 2. The highest BCUT2D eigenvalue weighted by atomic mass is 79.9. The van der Waals surface area contributed by atoms with Gasteiger partial charge in [-0.2, -0.15) is 0 Å². The number of anilines is 1. The lowest BCUT2D eigenvalue weighted by molar-refractivity contribution is 0.289. The molecule has 33 heavy (non-hydrogen) atoms. The van der Waals surface area contributed by atoms with Crippen LogP contribution in [0.4, 0.5) is 5.69 Å². The Morgan fingerprint density at radius 1 is 1.00 bits per heavy atom. The number of nitrogens with one attached hydrogen (secondary N) is 1. The van der Waals surface area contributed by atoms with Crippen LogP contribution in [-0.4, -0.2) is 48.5 Å². The first-order valence-corrected chi connectivity index (χ1v) is 11.9. The van der Waals surface area contributed by atoms with E-state index in [0.717, 1.165) is 54.9 Å². The van der Waals surface area contributed by atoms with Crippen molar-refractivity contribution in [3.8, 4) is 33.8 Å². The topological polar surface area (TPSA) is 70.6 Å². The Kier molecular flexibility index (Phi) is 7.20. The molecule has 4 rings (SSSR count). The highest BCUT2D eigenvalue weighted by molar-refractivity contribution is 9.10. The molecular formula is C26H28BrN3O3. The Hall–Kier alpha value is -3.03. The van der Waals surface area contributed by atoms with Crippen molar-refractivity contribution in [1.29, 1.82) is 0 Å². The van der Waals surface area contributed by atoms with Crippen LogP contribution in [-0.2, 0) is 0 Å². The van der Waals surface area contributed by atoms with Gasteiger partial charge in [-0.25, -0.2) is 4.98 Å². The minimum atomic E-state index is 0.0785. The second-order valence-corrected chi connectivity index (χ2v) is 8.42. The van der Waals surface area contributed by atoms with E-state index < -0.39 is 0 Å². The molecule has 0 unspecified atom stereocenters. The molecule has 6 nitrogen and oxygen atoms in total. The fourth-order valence-corrected chi connectivity index (χ4v) is 4.64. The van der Waals surface area contributed by atoms with Gasteiger partial charge in [0.05, 0.1) is 19.8 Å². The normalized spacial score (nSPS) is 11.1. The van der Waals surface area contributed by atoms with Crippen LogP contribution < -0.4 is 14.4 Å². The molecule has 0 fully saturated rings. The molecule has 0 aliphatic carbocycles. The van der Waals surface area contributed by atoms with Gasteiger partial charge < -0.3 is 24.5 Å². The summed E-state index contributed by atoms with van der Waals surface area (Å²) in [4.78, 5) is 10.0. The zero-order chi connectivity index (χ0) is 23.4. The van der Waals surface area contributed by atoms with Gasteiger partial charge in [-0.05, 0) is 41.9 Å². The van der Waals surface area contributed by atoms with Crippen LogP contribution in [0.2, 0.25) is 0 Å². The average Bonchev–Trinajstić information content (AvgIpc) is 3.24. The third-order valence-corrected chi connectivity index (χ3v) is 6.13. The molecular weight excluding hydrogens is 482 g/mol. The van der Waals surface area contributed by atoms with E-state index in [1.165, 1.54) is 0 Å². The molecule has 0 aliphatic heterocycles. The predicted molar refractivity (Wildman–Crippen MR) is 137 cm³/mol. The van der Waals surface area contributed by atoms with Crippen LogP contribution in [0.25, 0.3) is 33.3 Å². The molecule has 7 heteroatoms. The summed E-state index contributed by atoms with van der Waals surface area (Å²) in [6.07, 6.45) is 3.79. The molecule has 2 heterocycles. The maximum absolute atomic E-state index is 9.50. The van der Waals surface area contributed by atoms with Gasteiger partial charge >= 0.3 is 0 Å². The fraction of sp³-hybridized carbons (Fsp3) is 0.269. The number of likely N-dealkylation sites (N-methyl/N-ethyl adjacent to an activating group) is 1. The van der Waals surface area contributed by atoms with E-state index in [9.17, 15) is 5.11 Å². The number of hydrogen-bond donors (Lipinski definition) is 2. The van der Waals surface area contributed by atoms with Crippen LogP contribution in [0.1, 0.15) is 13.8 Å². The number of hydrogen-bond acceptors (Lipinski definition) is 5. The first-order chi connectivity index (χ1) is 16.1. The summed E-state index contributed by atoms with van der Waals surface area (Å²) >= 11 is 3.76. The summed E-state index contributed by atoms with van der Waals surface area (Å²) in [5.74, 6) is 1.44. The zero-order valence-electron chi connectivity index (χ0n) is 19.1. The molecule has 0 radical (unpaired) electrons. The Balaban J connectivity index is 2.01. The first-order valence-electron chi connectivity index (χ1n) is 11.1. The molecule has 2 N–H and O–H groups in total. The van der Waals surface area contributed by atoms with Gasteiger partial charge in [0.25, 0.3) is 0 Å². The van der Waals surface area contributed by atoms with E-state index >= 15 is 0 Å². The molecule has 2 aromatic heterocycles. The van der Waals surface area contributed by atoms with Crippen LogP contribution in [0, 0.1) is 0 Å². The van der Waals surface area contributed by atoms with Gasteiger partial charge in [0.15, 0.2) is 11.5 Å². The molecule has 172 valence electrons. The van der Waals surface area contributed by atoms with Crippen molar-refractivity contribution < 1.29 is 14.6 Å². The quantitative estimate of drug-likeness (QED) is 0.294. The van der Waals surface area contributed by atoms with Gasteiger partial charge in [-0.15, -0.1) is 0 Å². The Morgan fingerprint density at radius 3 is 2.52 bits per heavy atom. The van der Waals surface area contributed by atoms with E-state index in [0.29, 0.717) is 19.8 Å². The van der Waals surface area contributed by atoms with Crippen molar-refractivity contribution in [3.63, 3.8) is 0 Å². The predicted octanol–water partition coefficient (Wildman–Crippen LogP) is 5.89. The van der Waals surface area contributed by atoms with Crippen LogP contribution >= 0.6 is 15.9 Å². The number of aliphatic hydroxyl groups is 1. The number of aromatic amines is 1. The number of aliphatic hydroxyl groups excluding tert-OH is 1. The molecule has 0 aliphatic rings. The summed E-state index contributed by atoms with van der Waals surface area (Å²) < 4.78 is 12.8. The van der Waals surface area contributed by atoms with Crippen LogP contribution in [0.5, 0.6) is 11.5 Å². The van der Waals surface area contributed by atoms with Gasteiger partial charge in [0.1, 0.15) is 5.65 Å². The molecule has 0 saturated heterocycles. The van der Waals surface area contributed by atoms with E-state index in [2.05, 4.69) is 42.9 Å². The maximum Gasteiger partial charge on any atom is 0.169 e. The monoisotopic (exact) mass is 509 g/mol. The molecule has 2 aromatic carbocycles. The standard InChI is InChI=1S/C26H28BrN3O3/c1-4-32-22-12-8-10-17(25(22)33-5-2)19-15-28-26-24(19)23(20(27)16-29-26)18-9-6-7-11-21(18)30(3)13-14-31/h6-12,15-16,31H,4-5,13-14H2,1-3H3,(H,28,29). The second kappa shape index (κ2) is 10.3. The largest absolute Gasteiger partial charge is 0.490 e. The molecule has 4 aromatic rings. The summed E-state index contributed by atoms with van der Waals surface area (Å²) in [7, 11) is 1.98. The SMILES string of the molecule is CCOc1cccc(-c2c[nH]c3ncc(Br)c(-c4ccccc4N(C)CCO)c23)c1OCC. The van der Waals surface area contributed by atoms with Crippen molar-refractivity contribution in [2.45, 2.75) is 13.8 Å². The Morgan fingerprint density at radius 2 is 1.76 bits per heavy atom. The van der Waals surface area contributed by atoms with Crippen molar-refractivity contribution in [2.24, 2.45) is 0 Å². The number of nitrogens with zero attached hydrogens (tertiary/aromatic N) is 2. The van der Waals surface area contributed by atoms with Gasteiger partial charge in [-0.1, -0.05) is 30.3 Å². The zero-order valence-corrected chi connectivity index (χ0v) is 20.6. The van der Waals surface area contributed by atoms with E-state index in [1.54, 1.807) is 0 Å². The number of halogens is 1. The summed E-state index contributed by atoms with van der Waals surface area (Å²) in [6.45, 7) is 5.64. The number of benzene rings is 2. The minimum Gasteiger partial charge on any atom is -0.490 e. The van der Waals surface area contributed by atoms with E-state index in [1.807, 2.05) is 63.6 Å². The minimum absolute atomic E-state index is 0.0785. The number of para-hydroxylation sites is 2. The number of fused-ring (bicyclic) bond motifs is 1. The lowest BCUT2D eigenvalue weighted by Gasteiger charge is -2.23. The lowest BCUT2D eigenvalue weighted by atomic mass is 9.96. The van der Waals surface area contributed by atoms with Crippen molar-refractivity contribution in [1.82, 2.24) is 9.97 Å². The van der Waals surface area contributed by atoms with Crippen molar-refractivity contribution in [2.75, 3.05) is 38.3 Å². The fourth-order valence-electron chi connectivity index (χ4n) is 4.13. The summed E-state index contributed by atoms with van der Waals surface area (Å²) in [6, 6.07) is 14.2.